The molecule has 3 aromatic carbocycles. The van der Waals surface area contributed by atoms with E-state index in [9.17, 15) is 32.9 Å². The molecular weight excluding hydrogens is 558 g/mol. The largest absolute Gasteiger partial charge is 0.495 e. The minimum atomic E-state index is -4.47. The van der Waals surface area contributed by atoms with Gasteiger partial charge < -0.3 is 19.5 Å². The van der Waals surface area contributed by atoms with Crippen LogP contribution >= 0.6 is 11.6 Å². The van der Waals surface area contributed by atoms with E-state index in [1.54, 1.807) is 0 Å². The van der Waals surface area contributed by atoms with E-state index in [1.807, 2.05) is 0 Å². The molecule has 0 aliphatic carbocycles. The second-order valence-electron chi connectivity index (χ2n) is 7.94. The van der Waals surface area contributed by atoms with Crippen molar-refractivity contribution >= 4 is 56.3 Å². The van der Waals surface area contributed by atoms with Gasteiger partial charge in [0.05, 0.1) is 34.0 Å². The number of hydrogen-bond acceptors (Lipinski definition) is 10. The molecule has 4 rings (SSSR count). The van der Waals surface area contributed by atoms with E-state index in [4.69, 9.17) is 25.8 Å². The van der Waals surface area contributed by atoms with Gasteiger partial charge in [0, 0.05) is 17.7 Å². The highest BCUT2D eigenvalue weighted by Gasteiger charge is 2.24. The fraction of sp³-hybridized carbons (Fsp3) is 0.125. The lowest BCUT2D eigenvalue weighted by Crippen LogP contribution is -2.25. The average Bonchev–Trinajstić information content (AvgIpc) is 2.90. The first-order chi connectivity index (χ1) is 18.5. The van der Waals surface area contributed by atoms with Crippen molar-refractivity contribution < 1.29 is 41.9 Å². The number of benzene rings is 3. The molecule has 0 atom stereocenters. The van der Waals surface area contributed by atoms with Crippen molar-refractivity contribution in [3.05, 3.63) is 80.9 Å². The summed E-state index contributed by atoms with van der Waals surface area (Å²) in [6, 6.07) is 10.9. The quantitative estimate of drug-likeness (QED) is 0.166. The first-order valence-corrected chi connectivity index (χ1v) is 12.8. The lowest BCUT2D eigenvalue weighted by atomic mass is 10.1. The number of carbonyl (C=O) groups is 3. The van der Waals surface area contributed by atoms with Crippen LogP contribution in [-0.2, 0) is 19.6 Å². The van der Waals surface area contributed by atoms with Gasteiger partial charge >= 0.3 is 5.97 Å². The lowest BCUT2D eigenvalue weighted by molar-refractivity contribution is -0.384. The van der Waals surface area contributed by atoms with Crippen LogP contribution in [-0.4, -0.2) is 51.3 Å². The minimum Gasteiger partial charge on any atom is -0.495 e. The Morgan fingerprint density at radius 2 is 1.87 bits per heavy atom. The number of esters is 1. The molecule has 202 valence electrons. The standard InChI is InChI=1S/C24H18ClN3O10S/c1-36-20-7-4-15(28(32)33)10-18(20)27-39(34,35)22-9-14(2-5-16(22)25)24(31)38-11-19(29)13-3-6-21-17(8-13)26-23(30)12-37-21/h2-10,27H,11-12H2,1H3,(H,26,30). The summed E-state index contributed by atoms with van der Waals surface area (Å²) in [7, 11) is -3.22. The van der Waals surface area contributed by atoms with E-state index >= 15 is 0 Å². The van der Waals surface area contributed by atoms with Crippen molar-refractivity contribution in [3.8, 4) is 11.5 Å². The van der Waals surface area contributed by atoms with E-state index in [2.05, 4.69) is 10.0 Å². The Labute approximate surface area is 225 Å². The summed E-state index contributed by atoms with van der Waals surface area (Å²) in [4.78, 5) is 46.5. The molecule has 0 fully saturated rings. The molecule has 0 bridgehead atoms. The van der Waals surface area contributed by atoms with E-state index in [0.29, 0.717) is 11.4 Å². The Hall–Kier alpha value is -4.69. The molecule has 2 N–H and O–H groups in total. The predicted octanol–water partition coefficient (Wildman–Crippen LogP) is 3.43. The number of nitro groups is 1. The normalized spacial score (nSPS) is 12.4. The third-order valence-electron chi connectivity index (χ3n) is 5.36. The number of halogens is 1. The molecule has 3 aromatic rings. The third kappa shape index (κ3) is 6.08. The first kappa shape index (κ1) is 27.3. The molecule has 0 unspecified atom stereocenters. The van der Waals surface area contributed by atoms with E-state index in [0.717, 1.165) is 24.3 Å². The molecule has 0 aromatic heterocycles. The topological polar surface area (TPSA) is 180 Å². The maximum Gasteiger partial charge on any atom is 0.338 e. The average molecular weight is 576 g/mol. The number of methoxy groups -OCH3 is 1. The number of non-ortho nitro benzene ring substituents is 1. The Balaban J connectivity index is 1.50. The van der Waals surface area contributed by atoms with Gasteiger partial charge in [0.1, 0.15) is 16.4 Å². The van der Waals surface area contributed by atoms with Gasteiger partial charge in [-0.25, -0.2) is 13.2 Å². The number of Topliss-reactive ketones (excluding diaryl/α,β-unsaturated/α-hetero) is 1. The number of nitro benzene ring substituents is 1. The van der Waals surface area contributed by atoms with Gasteiger partial charge in [-0.15, -0.1) is 0 Å². The van der Waals surface area contributed by atoms with E-state index in [-0.39, 0.29) is 40.1 Å². The number of amides is 1. The Morgan fingerprint density at radius 1 is 1.13 bits per heavy atom. The van der Waals surface area contributed by atoms with Gasteiger partial charge in [0.15, 0.2) is 19.0 Å². The number of sulfonamides is 1. The Bertz CT molecular complexity index is 1620. The summed E-state index contributed by atoms with van der Waals surface area (Å²) >= 11 is 6.08. The van der Waals surface area contributed by atoms with Gasteiger partial charge in [0.2, 0.25) is 0 Å². The van der Waals surface area contributed by atoms with Crippen LogP contribution in [0.1, 0.15) is 20.7 Å². The van der Waals surface area contributed by atoms with Crippen LogP contribution in [0.4, 0.5) is 17.1 Å². The maximum absolute atomic E-state index is 13.1. The van der Waals surface area contributed by atoms with E-state index in [1.165, 1.54) is 37.4 Å². The van der Waals surface area contributed by atoms with Crippen molar-refractivity contribution in [1.29, 1.82) is 0 Å². The van der Waals surface area contributed by atoms with Gasteiger partial charge in [-0.05, 0) is 42.5 Å². The zero-order chi connectivity index (χ0) is 28.3. The highest BCUT2D eigenvalue weighted by atomic mass is 35.5. The van der Waals surface area contributed by atoms with Crippen molar-refractivity contribution in [2.75, 3.05) is 30.4 Å². The Kier molecular flexibility index (Phi) is 7.69. The molecule has 0 spiro atoms. The molecule has 0 radical (unpaired) electrons. The first-order valence-electron chi connectivity index (χ1n) is 10.9. The van der Waals surface area contributed by atoms with Crippen LogP contribution in [0, 0.1) is 10.1 Å². The summed E-state index contributed by atoms with van der Waals surface area (Å²) < 4.78 is 43.7. The molecular formula is C24H18ClN3O10S. The number of ketones is 1. The fourth-order valence-corrected chi connectivity index (χ4v) is 5.07. The molecule has 1 aliphatic rings. The van der Waals surface area contributed by atoms with Crippen LogP contribution in [0.5, 0.6) is 11.5 Å². The second-order valence-corrected chi connectivity index (χ2v) is 10.00. The Morgan fingerprint density at radius 3 is 2.59 bits per heavy atom. The van der Waals surface area contributed by atoms with Crippen LogP contribution in [0.3, 0.4) is 0 Å². The maximum atomic E-state index is 13.1. The van der Waals surface area contributed by atoms with E-state index < -0.39 is 43.9 Å². The molecule has 0 saturated heterocycles. The SMILES string of the molecule is COc1ccc([N+](=O)[O-])cc1NS(=O)(=O)c1cc(C(=O)OCC(=O)c2ccc3c(c2)NC(=O)CO3)ccc1Cl. The summed E-state index contributed by atoms with van der Waals surface area (Å²) in [5.74, 6) is -1.60. The molecule has 1 aliphatic heterocycles. The number of carbonyl (C=O) groups excluding carboxylic acids is 3. The highest BCUT2D eigenvalue weighted by molar-refractivity contribution is 7.92. The van der Waals surface area contributed by atoms with Gasteiger partial charge in [-0.3, -0.25) is 24.4 Å². The predicted molar refractivity (Wildman–Crippen MR) is 137 cm³/mol. The van der Waals surface area contributed by atoms with Crippen LogP contribution in [0.2, 0.25) is 5.02 Å². The summed E-state index contributed by atoms with van der Waals surface area (Å²) in [5, 5.41) is 13.4. The molecule has 15 heteroatoms. The van der Waals surface area contributed by atoms with Gasteiger partial charge in [-0.2, -0.15) is 0 Å². The monoisotopic (exact) mass is 575 g/mol. The van der Waals surface area contributed by atoms with Gasteiger partial charge in [-0.1, -0.05) is 11.6 Å². The number of anilines is 2. The highest BCUT2D eigenvalue weighted by Crippen LogP contribution is 2.33. The zero-order valence-corrected chi connectivity index (χ0v) is 21.5. The molecule has 0 saturated carbocycles. The van der Waals surface area contributed by atoms with Gasteiger partial charge in [0.25, 0.3) is 21.6 Å². The smallest absolute Gasteiger partial charge is 0.338 e. The second kappa shape index (κ2) is 11.0. The molecule has 39 heavy (non-hydrogen) atoms. The van der Waals surface area contributed by atoms with Crippen LogP contribution in [0.15, 0.2) is 59.5 Å². The van der Waals surface area contributed by atoms with Crippen molar-refractivity contribution in [3.63, 3.8) is 0 Å². The molecule has 1 heterocycles. The number of nitrogens with one attached hydrogen (secondary N) is 2. The van der Waals surface area contributed by atoms with Crippen LogP contribution < -0.4 is 19.5 Å². The third-order valence-corrected chi connectivity index (χ3v) is 7.21. The summed E-state index contributed by atoms with van der Waals surface area (Å²) in [6.07, 6.45) is 0. The molecule has 13 nitrogen and oxygen atoms in total. The van der Waals surface area contributed by atoms with Crippen molar-refractivity contribution in [2.45, 2.75) is 4.90 Å². The number of rotatable bonds is 9. The zero-order valence-electron chi connectivity index (χ0n) is 19.9. The number of fused-ring (bicyclic) bond motifs is 1. The molecule has 1 amide bonds. The number of ether oxygens (including phenoxy) is 3. The fourth-order valence-electron chi connectivity index (χ4n) is 3.48. The summed E-state index contributed by atoms with van der Waals surface area (Å²) in [6.45, 7) is -0.828. The van der Waals surface area contributed by atoms with Crippen molar-refractivity contribution in [2.24, 2.45) is 0 Å². The summed E-state index contributed by atoms with van der Waals surface area (Å²) in [5.41, 5.74) is -0.418. The number of hydrogen-bond donors (Lipinski definition) is 2. The number of nitrogens with zero attached hydrogens (tertiary/aromatic N) is 1. The lowest BCUT2D eigenvalue weighted by Gasteiger charge is -2.18. The minimum absolute atomic E-state index is 0.00248. The van der Waals surface area contributed by atoms with Crippen molar-refractivity contribution in [1.82, 2.24) is 0 Å². The van der Waals surface area contributed by atoms with Crippen LogP contribution in [0.25, 0.3) is 0 Å².